The number of para-hydroxylation sites is 1. The smallest absolute Gasteiger partial charge is 0.223 e. The Morgan fingerprint density at radius 1 is 1.33 bits per heavy atom. The molecule has 0 radical (unpaired) electrons. The molecule has 0 bridgehead atoms. The third-order valence-electron chi connectivity index (χ3n) is 2.79. The van der Waals surface area contributed by atoms with E-state index in [2.05, 4.69) is 5.32 Å². The average Bonchev–Trinajstić information content (AvgIpc) is 2.76. The van der Waals surface area contributed by atoms with Crippen LogP contribution in [0.25, 0.3) is 11.0 Å². The van der Waals surface area contributed by atoms with Gasteiger partial charge in [0, 0.05) is 32.4 Å². The first-order valence-electron chi connectivity index (χ1n) is 6.05. The fourth-order valence-electron chi connectivity index (χ4n) is 1.75. The van der Waals surface area contributed by atoms with E-state index in [0.29, 0.717) is 19.5 Å². The topological polar surface area (TPSA) is 45.5 Å². The van der Waals surface area contributed by atoms with E-state index >= 15 is 0 Å². The fraction of sp³-hybridized carbons (Fsp3) is 0.357. The maximum Gasteiger partial charge on any atom is 0.223 e. The Bertz CT molecular complexity index is 498. The van der Waals surface area contributed by atoms with Crippen LogP contribution in [0.4, 0.5) is 0 Å². The van der Waals surface area contributed by atoms with Crippen LogP contribution in [0.5, 0.6) is 0 Å². The van der Waals surface area contributed by atoms with Crippen LogP contribution < -0.4 is 5.32 Å². The summed E-state index contributed by atoms with van der Waals surface area (Å²) in [6.45, 7) is 1.31. The monoisotopic (exact) mass is 246 g/mol. The van der Waals surface area contributed by atoms with Crippen molar-refractivity contribution in [2.75, 3.05) is 20.6 Å². The normalized spacial score (nSPS) is 10.8. The summed E-state index contributed by atoms with van der Waals surface area (Å²) < 4.78 is 5.66. The van der Waals surface area contributed by atoms with Gasteiger partial charge in [-0.05, 0) is 12.1 Å². The molecule has 0 aliphatic carbocycles. The number of nitrogens with one attached hydrogen (secondary N) is 1. The van der Waals surface area contributed by atoms with Crippen LogP contribution >= 0.6 is 0 Å². The number of amides is 1. The molecular formula is C14H18N2O2. The summed E-state index contributed by atoms with van der Waals surface area (Å²) in [5, 5.41) is 4.32. The molecule has 1 heterocycles. The summed E-state index contributed by atoms with van der Waals surface area (Å²) in [4.78, 5) is 13.0. The number of benzene rings is 1. The van der Waals surface area contributed by atoms with Crippen molar-refractivity contribution in [2.24, 2.45) is 0 Å². The fourth-order valence-corrected chi connectivity index (χ4v) is 1.75. The molecule has 1 N–H and O–H groups in total. The Kier molecular flexibility index (Phi) is 3.99. The molecule has 0 unspecified atom stereocenters. The zero-order valence-electron chi connectivity index (χ0n) is 10.8. The van der Waals surface area contributed by atoms with E-state index in [-0.39, 0.29) is 5.91 Å². The van der Waals surface area contributed by atoms with E-state index in [4.69, 9.17) is 4.42 Å². The number of carbonyl (C=O) groups excluding carboxylic acids is 1. The van der Waals surface area contributed by atoms with Gasteiger partial charge in [-0.25, -0.2) is 0 Å². The number of hydrogen-bond acceptors (Lipinski definition) is 3. The molecule has 0 atom stereocenters. The summed E-state index contributed by atoms with van der Waals surface area (Å²) in [5.74, 6) is 1.03. The summed E-state index contributed by atoms with van der Waals surface area (Å²) in [7, 11) is 3.53. The van der Waals surface area contributed by atoms with E-state index in [1.807, 2.05) is 30.3 Å². The van der Waals surface area contributed by atoms with Crippen molar-refractivity contribution in [1.29, 1.82) is 0 Å². The maximum atomic E-state index is 11.4. The minimum Gasteiger partial charge on any atom is -0.460 e. The largest absolute Gasteiger partial charge is 0.460 e. The highest BCUT2D eigenvalue weighted by atomic mass is 16.3. The quantitative estimate of drug-likeness (QED) is 0.821. The number of nitrogens with zero attached hydrogens (tertiary/aromatic N) is 1. The van der Waals surface area contributed by atoms with Crippen molar-refractivity contribution in [2.45, 2.75) is 13.0 Å². The summed E-state index contributed by atoms with van der Waals surface area (Å²) in [6.07, 6.45) is 0.507. The van der Waals surface area contributed by atoms with Gasteiger partial charge >= 0.3 is 0 Å². The average molecular weight is 246 g/mol. The van der Waals surface area contributed by atoms with Crippen molar-refractivity contribution < 1.29 is 9.21 Å². The van der Waals surface area contributed by atoms with E-state index < -0.39 is 0 Å². The molecule has 0 saturated heterocycles. The van der Waals surface area contributed by atoms with Crippen molar-refractivity contribution in [3.8, 4) is 0 Å². The van der Waals surface area contributed by atoms with Gasteiger partial charge in [-0.2, -0.15) is 0 Å². The predicted octanol–water partition coefficient (Wildman–Crippen LogP) is 2.00. The molecule has 0 spiro atoms. The van der Waals surface area contributed by atoms with Crippen LogP contribution in [-0.4, -0.2) is 31.4 Å². The Labute approximate surface area is 107 Å². The standard InChI is InChI=1S/C14H18N2O2/c1-16(2)14(17)7-8-15-10-12-9-11-5-3-4-6-13(11)18-12/h3-6,9,15H,7-8,10H2,1-2H3. The SMILES string of the molecule is CN(C)C(=O)CCNCc1cc2ccccc2o1. The Morgan fingerprint density at radius 3 is 2.83 bits per heavy atom. The van der Waals surface area contributed by atoms with Crippen molar-refractivity contribution in [3.05, 3.63) is 36.1 Å². The highest BCUT2D eigenvalue weighted by molar-refractivity contribution is 5.77. The molecule has 1 aromatic heterocycles. The molecule has 96 valence electrons. The molecule has 0 aliphatic rings. The molecular weight excluding hydrogens is 228 g/mol. The number of furan rings is 1. The van der Waals surface area contributed by atoms with Crippen molar-refractivity contribution in [1.82, 2.24) is 10.2 Å². The molecule has 0 saturated carbocycles. The first kappa shape index (κ1) is 12.6. The second-order valence-electron chi connectivity index (χ2n) is 4.47. The van der Waals surface area contributed by atoms with Gasteiger partial charge in [-0.1, -0.05) is 18.2 Å². The predicted molar refractivity (Wildman–Crippen MR) is 71.2 cm³/mol. The molecule has 0 fully saturated rings. The van der Waals surface area contributed by atoms with Crippen LogP contribution in [0.15, 0.2) is 34.7 Å². The molecule has 0 aliphatic heterocycles. The van der Waals surface area contributed by atoms with Gasteiger partial charge in [0.05, 0.1) is 6.54 Å². The molecule has 2 rings (SSSR count). The Morgan fingerprint density at radius 2 is 2.11 bits per heavy atom. The number of hydrogen-bond donors (Lipinski definition) is 1. The van der Waals surface area contributed by atoms with Gasteiger partial charge in [-0.15, -0.1) is 0 Å². The molecule has 4 heteroatoms. The second-order valence-corrected chi connectivity index (χ2v) is 4.47. The third kappa shape index (κ3) is 3.11. The first-order valence-corrected chi connectivity index (χ1v) is 6.05. The zero-order valence-corrected chi connectivity index (χ0v) is 10.8. The van der Waals surface area contributed by atoms with Gasteiger partial charge in [0.1, 0.15) is 11.3 Å². The minimum absolute atomic E-state index is 0.132. The lowest BCUT2D eigenvalue weighted by Gasteiger charge is -2.09. The van der Waals surface area contributed by atoms with E-state index in [1.54, 1.807) is 19.0 Å². The molecule has 2 aromatic rings. The Hall–Kier alpha value is -1.81. The van der Waals surface area contributed by atoms with E-state index in [0.717, 1.165) is 16.7 Å². The van der Waals surface area contributed by atoms with Gasteiger partial charge in [0.25, 0.3) is 0 Å². The second kappa shape index (κ2) is 5.69. The molecule has 1 amide bonds. The Balaban J connectivity index is 1.82. The van der Waals surface area contributed by atoms with Gasteiger partial charge in [0.2, 0.25) is 5.91 Å². The van der Waals surface area contributed by atoms with Crippen LogP contribution in [0.1, 0.15) is 12.2 Å². The van der Waals surface area contributed by atoms with E-state index in [1.165, 1.54) is 0 Å². The highest BCUT2D eigenvalue weighted by Crippen LogP contribution is 2.18. The summed E-state index contributed by atoms with van der Waals surface area (Å²) in [5.41, 5.74) is 0.902. The van der Waals surface area contributed by atoms with E-state index in [9.17, 15) is 4.79 Å². The number of rotatable bonds is 5. The molecule has 4 nitrogen and oxygen atoms in total. The third-order valence-corrected chi connectivity index (χ3v) is 2.79. The van der Waals surface area contributed by atoms with Gasteiger partial charge in [-0.3, -0.25) is 4.79 Å². The zero-order chi connectivity index (χ0) is 13.0. The highest BCUT2D eigenvalue weighted by Gasteiger charge is 2.04. The summed E-state index contributed by atoms with van der Waals surface area (Å²) in [6, 6.07) is 9.95. The lowest BCUT2D eigenvalue weighted by atomic mass is 10.2. The van der Waals surface area contributed by atoms with Crippen molar-refractivity contribution >= 4 is 16.9 Å². The van der Waals surface area contributed by atoms with Crippen LogP contribution in [0.2, 0.25) is 0 Å². The minimum atomic E-state index is 0.132. The molecule has 1 aromatic carbocycles. The number of fused-ring (bicyclic) bond motifs is 1. The van der Waals surface area contributed by atoms with Crippen LogP contribution in [0, 0.1) is 0 Å². The lowest BCUT2D eigenvalue weighted by Crippen LogP contribution is -2.26. The number of carbonyl (C=O) groups is 1. The van der Waals surface area contributed by atoms with Crippen LogP contribution in [-0.2, 0) is 11.3 Å². The van der Waals surface area contributed by atoms with Crippen LogP contribution in [0.3, 0.4) is 0 Å². The maximum absolute atomic E-state index is 11.4. The molecule has 18 heavy (non-hydrogen) atoms. The van der Waals surface area contributed by atoms with Crippen molar-refractivity contribution in [3.63, 3.8) is 0 Å². The summed E-state index contributed by atoms with van der Waals surface area (Å²) >= 11 is 0. The first-order chi connectivity index (χ1) is 8.66. The lowest BCUT2D eigenvalue weighted by molar-refractivity contribution is -0.128. The van der Waals surface area contributed by atoms with Gasteiger partial charge in [0.15, 0.2) is 0 Å². The van der Waals surface area contributed by atoms with Gasteiger partial charge < -0.3 is 14.6 Å².